The summed E-state index contributed by atoms with van der Waals surface area (Å²) in [6, 6.07) is 1.70. The van der Waals surface area contributed by atoms with E-state index in [1.807, 2.05) is 14.1 Å². The molecule has 0 atom stereocenters. The zero-order chi connectivity index (χ0) is 17.3. The van der Waals surface area contributed by atoms with Crippen LogP contribution in [0.2, 0.25) is 0 Å². The maximum Gasteiger partial charge on any atom is 3.00 e. The van der Waals surface area contributed by atoms with E-state index < -0.39 is 0 Å². The fourth-order valence-corrected chi connectivity index (χ4v) is 3.04. The van der Waals surface area contributed by atoms with Crippen LogP contribution in [-0.4, -0.2) is 143 Å². The van der Waals surface area contributed by atoms with E-state index in [-0.39, 0.29) is 50.6 Å². The molecule has 0 aromatic carbocycles. The van der Waals surface area contributed by atoms with E-state index in [4.69, 9.17) is 0 Å². The number of piperazine rings is 2. The van der Waals surface area contributed by atoms with Crippen molar-refractivity contribution in [3.63, 3.8) is 0 Å². The van der Waals surface area contributed by atoms with Crippen molar-refractivity contribution >= 4 is 0 Å². The van der Waals surface area contributed by atoms with Gasteiger partial charge in [0.1, 0.15) is 0 Å². The Kier molecular flexibility index (Phi) is 29.3. The maximum atomic E-state index is 4.01. The average molecular weight is 490 g/mol. The quantitative estimate of drug-likeness (QED) is 0.250. The van der Waals surface area contributed by atoms with Gasteiger partial charge >= 0.3 is 34.1 Å². The van der Waals surface area contributed by atoms with Crippen LogP contribution < -0.4 is 0 Å². The molecule has 0 aromatic rings. The number of rotatable bonds is 6. The van der Waals surface area contributed by atoms with Crippen LogP contribution in [0.1, 0.15) is 0 Å². The van der Waals surface area contributed by atoms with Crippen molar-refractivity contribution in [2.24, 2.45) is 0 Å². The minimum absolute atomic E-state index is 0. The summed E-state index contributed by atoms with van der Waals surface area (Å²) in [5.74, 6) is 0. The minimum atomic E-state index is 0. The normalized spacial score (nSPS) is 18.5. The smallest absolute Gasteiger partial charge is 0.664 e. The summed E-state index contributed by atoms with van der Waals surface area (Å²) in [6.07, 6.45) is 0. The van der Waals surface area contributed by atoms with Crippen LogP contribution in [0.4, 0.5) is 0 Å². The number of likely N-dealkylation sites (N-methyl/N-ethyl adjacent to an activating group) is 6. The third-order valence-electron chi connectivity index (χ3n) is 5.03. The van der Waals surface area contributed by atoms with Gasteiger partial charge in [0.25, 0.3) is 0 Å². The molecular formula is C17H44Mn2N6O3+4. The molecule has 0 radical (unpaired) electrons. The van der Waals surface area contributed by atoms with Crippen LogP contribution in [0, 0.1) is 6.04 Å². The number of quaternary nitrogens is 1. The van der Waals surface area contributed by atoms with Gasteiger partial charge in [0.2, 0.25) is 0 Å². The summed E-state index contributed by atoms with van der Waals surface area (Å²) >= 11 is 0. The van der Waals surface area contributed by atoms with Crippen LogP contribution in [0.3, 0.4) is 0 Å². The van der Waals surface area contributed by atoms with Gasteiger partial charge in [0.05, 0.1) is 13.1 Å². The Balaban J connectivity index is -0.000000110. The summed E-state index contributed by atoms with van der Waals surface area (Å²) in [4.78, 5) is 7.11. The van der Waals surface area contributed by atoms with Gasteiger partial charge in [-0.05, 0) is 34.2 Å². The SMILES string of the molecule is CN1CC[N+]2(C)CCN(C)C[C-]2C1.C[N-]CCN(C)CC[N-]C.O.O.O.[Mn+3].[Mn+3]. The fraction of sp³-hybridized carbons (Fsp3) is 0.941. The van der Waals surface area contributed by atoms with E-state index in [0.29, 0.717) is 0 Å². The molecule has 0 saturated carbocycles. The molecule has 170 valence electrons. The molecule has 28 heavy (non-hydrogen) atoms. The van der Waals surface area contributed by atoms with Crippen molar-refractivity contribution in [1.82, 2.24) is 14.7 Å². The van der Waals surface area contributed by atoms with Crippen molar-refractivity contribution in [2.45, 2.75) is 0 Å². The molecule has 0 spiro atoms. The number of hydrogen-bond acceptors (Lipinski definition) is 3. The molecule has 11 heteroatoms. The molecule has 2 saturated heterocycles. The van der Waals surface area contributed by atoms with Crippen LogP contribution >= 0.6 is 0 Å². The van der Waals surface area contributed by atoms with Crippen LogP contribution in [0.25, 0.3) is 10.6 Å². The molecule has 0 aromatic heterocycles. The van der Waals surface area contributed by atoms with E-state index in [1.54, 1.807) is 6.04 Å². The van der Waals surface area contributed by atoms with Gasteiger partial charge in [-0.25, -0.2) is 0 Å². The van der Waals surface area contributed by atoms with Crippen LogP contribution in [0.5, 0.6) is 0 Å². The molecule has 0 bridgehead atoms. The first-order valence-electron chi connectivity index (χ1n) is 8.78. The monoisotopic (exact) mass is 490 g/mol. The summed E-state index contributed by atoms with van der Waals surface area (Å²) in [5.41, 5.74) is 0. The topological polar surface area (TPSA) is 132 Å². The van der Waals surface area contributed by atoms with E-state index >= 15 is 0 Å². The van der Waals surface area contributed by atoms with Crippen molar-refractivity contribution in [2.75, 3.05) is 108 Å². The Bertz CT molecular complexity index is 311. The molecule has 0 aliphatic carbocycles. The summed E-state index contributed by atoms with van der Waals surface area (Å²) in [5, 5.41) is 8.02. The third-order valence-corrected chi connectivity index (χ3v) is 5.03. The Hall–Kier alpha value is 0.679. The second-order valence-corrected chi connectivity index (χ2v) is 7.27. The maximum absolute atomic E-state index is 4.01. The standard InChI is InChI=1S/C10H21N3.C7H17N3.2Mn.3H2O/c1-11-4-6-13(3)7-5-12(2)9-10(13)8-11;1-8-4-6-10(3)7-5-9-2;;;;;/h4-9H2,1-3H3;4-7H2,1-3H3;;;3*1H2/q;-2;2*+3;;;. The third kappa shape index (κ3) is 14.6. The Morgan fingerprint density at radius 1 is 0.857 bits per heavy atom. The second kappa shape index (κ2) is 20.9. The Morgan fingerprint density at radius 3 is 1.54 bits per heavy atom. The second-order valence-electron chi connectivity index (χ2n) is 7.27. The number of fused-ring (bicyclic) bond motifs is 1. The molecule has 9 nitrogen and oxygen atoms in total. The Labute approximate surface area is 194 Å². The summed E-state index contributed by atoms with van der Waals surface area (Å²) in [6.45, 7) is 11.5. The van der Waals surface area contributed by atoms with Crippen LogP contribution in [-0.2, 0) is 34.1 Å². The molecule has 2 aliphatic rings. The first kappa shape index (κ1) is 39.2. The molecular weight excluding hydrogens is 446 g/mol. The van der Waals surface area contributed by atoms with Gasteiger partial charge in [-0.3, -0.25) is 0 Å². The zero-order valence-electron chi connectivity index (χ0n) is 18.5. The fourth-order valence-electron chi connectivity index (χ4n) is 3.04. The first-order valence-corrected chi connectivity index (χ1v) is 8.78. The van der Waals surface area contributed by atoms with E-state index in [2.05, 4.69) is 53.5 Å². The van der Waals surface area contributed by atoms with Crippen molar-refractivity contribution in [1.29, 1.82) is 0 Å². The van der Waals surface area contributed by atoms with Gasteiger partial charge in [-0.1, -0.05) is 19.1 Å². The zero-order valence-corrected chi connectivity index (χ0v) is 20.9. The van der Waals surface area contributed by atoms with E-state index in [9.17, 15) is 0 Å². The van der Waals surface area contributed by atoms with Gasteiger partial charge in [-0.15, -0.1) is 13.1 Å². The number of nitrogens with zero attached hydrogens (tertiary/aromatic N) is 6. The van der Waals surface area contributed by atoms with Crippen molar-refractivity contribution < 1.29 is 55.0 Å². The van der Waals surface area contributed by atoms with Gasteiger partial charge in [0.15, 0.2) is 0 Å². The van der Waals surface area contributed by atoms with Gasteiger partial charge < -0.3 is 46.2 Å². The van der Waals surface area contributed by atoms with Gasteiger partial charge in [0, 0.05) is 20.1 Å². The van der Waals surface area contributed by atoms with Crippen molar-refractivity contribution in [3.8, 4) is 0 Å². The minimum Gasteiger partial charge on any atom is -0.664 e. The largest absolute Gasteiger partial charge is 3.00 e. The molecule has 6 N–H and O–H groups in total. The summed E-state index contributed by atoms with van der Waals surface area (Å²) in [7, 11) is 12.6. The van der Waals surface area contributed by atoms with Crippen molar-refractivity contribution in [3.05, 3.63) is 16.7 Å². The van der Waals surface area contributed by atoms with E-state index in [0.717, 1.165) is 26.2 Å². The molecule has 0 unspecified atom stereocenters. The Morgan fingerprint density at radius 2 is 1.21 bits per heavy atom. The molecule has 0 amide bonds. The first-order chi connectivity index (χ1) is 10.9. The van der Waals surface area contributed by atoms with Gasteiger partial charge in [-0.2, -0.15) is 14.1 Å². The van der Waals surface area contributed by atoms with Crippen LogP contribution in [0.15, 0.2) is 0 Å². The predicted molar refractivity (Wildman–Crippen MR) is 111 cm³/mol. The average Bonchev–Trinajstić information content (AvgIpc) is 2.53. The predicted octanol–water partition coefficient (Wildman–Crippen LogP) is -1.70. The summed E-state index contributed by atoms with van der Waals surface area (Å²) < 4.78 is 1.23. The number of hydrogen-bond donors (Lipinski definition) is 0. The molecule has 2 fully saturated rings. The molecule has 2 heterocycles. The molecule has 2 rings (SSSR count). The van der Waals surface area contributed by atoms with E-state index in [1.165, 1.54) is 43.8 Å². The molecule has 2 aliphatic heterocycles.